The third-order valence-electron chi connectivity index (χ3n) is 3.82. The van der Waals surface area contributed by atoms with Gasteiger partial charge in [0.05, 0.1) is 0 Å². The Labute approximate surface area is 94.0 Å². The minimum Gasteiger partial charge on any atom is -0.385 e. The average Bonchev–Trinajstić information content (AvgIpc) is 2.74. The first kappa shape index (κ1) is 12.9. The highest BCUT2D eigenvalue weighted by molar-refractivity contribution is 4.94. The molecular formula is C12H26N2O. The van der Waals surface area contributed by atoms with Crippen LogP contribution in [0.3, 0.4) is 0 Å². The molecule has 3 nitrogen and oxygen atoms in total. The number of nitrogens with zero attached hydrogens (tertiary/aromatic N) is 1. The Bertz CT molecular complexity index is 167. The van der Waals surface area contributed by atoms with Gasteiger partial charge in [0.1, 0.15) is 0 Å². The summed E-state index contributed by atoms with van der Waals surface area (Å²) in [6.45, 7) is 2.85. The molecular weight excluding hydrogens is 188 g/mol. The van der Waals surface area contributed by atoms with Gasteiger partial charge in [-0.15, -0.1) is 0 Å². The fraction of sp³-hybridized carbons (Fsp3) is 1.00. The molecule has 1 aliphatic rings. The number of likely N-dealkylation sites (N-methyl/N-ethyl adjacent to an activating group) is 1. The summed E-state index contributed by atoms with van der Waals surface area (Å²) >= 11 is 0. The second-order valence-corrected chi connectivity index (χ2v) is 4.76. The van der Waals surface area contributed by atoms with Crippen LogP contribution in [0.5, 0.6) is 0 Å². The molecule has 2 N–H and O–H groups in total. The van der Waals surface area contributed by atoms with E-state index >= 15 is 0 Å². The minimum atomic E-state index is 0.313. The first-order valence-corrected chi connectivity index (χ1v) is 6.15. The maximum atomic E-state index is 5.93. The highest BCUT2D eigenvalue weighted by Gasteiger charge is 2.35. The van der Waals surface area contributed by atoms with Crippen molar-refractivity contribution in [2.75, 3.05) is 33.9 Å². The molecule has 0 unspecified atom stereocenters. The van der Waals surface area contributed by atoms with E-state index in [4.69, 9.17) is 10.5 Å². The zero-order chi connectivity index (χ0) is 11.1. The number of methoxy groups -OCH3 is 1. The standard InChI is InChI=1S/C12H26N2O/c1-14(9-5-6-10-15-2)12(11-13)7-3-4-8-12/h3-11,13H2,1-2H3. The van der Waals surface area contributed by atoms with Gasteiger partial charge in [0.2, 0.25) is 0 Å². The van der Waals surface area contributed by atoms with Crippen LogP contribution < -0.4 is 5.73 Å². The molecule has 0 aliphatic heterocycles. The Morgan fingerprint density at radius 3 is 2.47 bits per heavy atom. The Morgan fingerprint density at radius 1 is 1.27 bits per heavy atom. The summed E-state index contributed by atoms with van der Waals surface area (Å²) in [4.78, 5) is 2.48. The third-order valence-corrected chi connectivity index (χ3v) is 3.82. The van der Waals surface area contributed by atoms with Crippen molar-refractivity contribution < 1.29 is 4.74 Å². The maximum Gasteiger partial charge on any atom is 0.0462 e. The molecule has 90 valence electrons. The summed E-state index contributed by atoms with van der Waals surface area (Å²) < 4.78 is 5.06. The van der Waals surface area contributed by atoms with Gasteiger partial charge >= 0.3 is 0 Å². The zero-order valence-electron chi connectivity index (χ0n) is 10.3. The van der Waals surface area contributed by atoms with Crippen molar-refractivity contribution >= 4 is 0 Å². The molecule has 15 heavy (non-hydrogen) atoms. The van der Waals surface area contributed by atoms with E-state index in [0.29, 0.717) is 5.54 Å². The van der Waals surface area contributed by atoms with Crippen molar-refractivity contribution in [2.24, 2.45) is 5.73 Å². The lowest BCUT2D eigenvalue weighted by Gasteiger charge is -2.38. The van der Waals surface area contributed by atoms with Crippen molar-refractivity contribution in [1.82, 2.24) is 4.90 Å². The van der Waals surface area contributed by atoms with Crippen LogP contribution in [-0.4, -0.2) is 44.3 Å². The Hall–Kier alpha value is -0.120. The van der Waals surface area contributed by atoms with E-state index < -0.39 is 0 Å². The van der Waals surface area contributed by atoms with Gasteiger partial charge in [-0.2, -0.15) is 0 Å². The summed E-state index contributed by atoms with van der Waals surface area (Å²) in [6.07, 6.45) is 7.63. The van der Waals surface area contributed by atoms with E-state index in [1.807, 2.05) is 0 Å². The van der Waals surface area contributed by atoms with Gasteiger partial charge in [-0.1, -0.05) is 12.8 Å². The van der Waals surface area contributed by atoms with Gasteiger partial charge in [-0.3, -0.25) is 4.90 Å². The van der Waals surface area contributed by atoms with Gasteiger partial charge < -0.3 is 10.5 Å². The molecule has 3 heteroatoms. The van der Waals surface area contributed by atoms with Gasteiger partial charge in [0.15, 0.2) is 0 Å². The number of hydrogen-bond acceptors (Lipinski definition) is 3. The Morgan fingerprint density at radius 2 is 1.93 bits per heavy atom. The van der Waals surface area contributed by atoms with Crippen LogP contribution in [0.25, 0.3) is 0 Å². The first-order chi connectivity index (χ1) is 7.25. The van der Waals surface area contributed by atoms with Gasteiger partial charge in [-0.25, -0.2) is 0 Å². The predicted molar refractivity (Wildman–Crippen MR) is 64.0 cm³/mol. The molecule has 1 saturated carbocycles. The van der Waals surface area contributed by atoms with E-state index in [-0.39, 0.29) is 0 Å². The largest absolute Gasteiger partial charge is 0.385 e. The fourth-order valence-corrected chi connectivity index (χ4v) is 2.61. The molecule has 0 aromatic rings. The number of hydrogen-bond donors (Lipinski definition) is 1. The number of nitrogens with two attached hydrogens (primary N) is 1. The van der Waals surface area contributed by atoms with E-state index in [0.717, 1.165) is 26.1 Å². The maximum absolute atomic E-state index is 5.93. The molecule has 0 bridgehead atoms. The number of rotatable bonds is 7. The van der Waals surface area contributed by atoms with Crippen LogP contribution in [0.4, 0.5) is 0 Å². The second kappa shape index (κ2) is 6.46. The van der Waals surface area contributed by atoms with Crippen LogP contribution in [-0.2, 0) is 4.74 Å². The molecule has 0 aromatic heterocycles. The molecule has 0 atom stereocenters. The van der Waals surface area contributed by atoms with Gasteiger partial charge in [-0.05, 0) is 39.3 Å². The first-order valence-electron chi connectivity index (χ1n) is 6.15. The van der Waals surface area contributed by atoms with Crippen molar-refractivity contribution in [3.05, 3.63) is 0 Å². The second-order valence-electron chi connectivity index (χ2n) is 4.76. The normalized spacial score (nSPS) is 20.0. The number of unbranched alkanes of at least 4 members (excludes halogenated alkanes) is 1. The minimum absolute atomic E-state index is 0.313. The van der Waals surface area contributed by atoms with Crippen molar-refractivity contribution in [1.29, 1.82) is 0 Å². The molecule has 0 aromatic carbocycles. The molecule has 0 amide bonds. The highest BCUT2D eigenvalue weighted by atomic mass is 16.5. The monoisotopic (exact) mass is 214 g/mol. The predicted octanol–water partition coefficient (Wildman–Crippen LogP) is 1.62. The molecule has 1 rings (SSSR count). The topological polar surface area (TPSA) is 38.5 Å². The van der Waals surface area contributed by atoms with Gasteiger partial charge in [0, 0.05) is 25.8 Å². The molecule has 0 heterocycles. The van der Waals surface area contributed by atoms with Crippen LogP contribution >= 0.6 is 0 Å². The van der Waals surface area contributed by atoms with E-state index in [1.165, 1.54) is 32.1 Å². The summed E-state index contributed by atoms with van der Waals surface area (Å²) in [6, 6.07) is 0. The van der Waals surface area contributed by atoms with Crippen LogP contribution in [0.2, 0.25) is 0 Å². The molecule has 1 aliphatic carbocycles. The zero-order valence-corrected chi connectivity index (χ0v) is 10.3. The van der Waals surface area contributed by atoms with Crippen LogP contribution in [0, 0.1) is 0 Å². The molecule has 1 fully saturated rings. The quantitative estimate of drug-likeness (QED) is 0.654. The number of ether oxygens (including phenoxy) is 1. The highest BCUT2D eigenvalue weighted by Crippen LogP contribution is 2.33. The van der Waals surface area contributed by atoms with Crippen molar-refractivity contribution in [3.8, 4) is 0 Å². The molecule has 0 saturated heterocycles. The SMILES string of the molecule is COCCCCN(C)C1(CN)CCCC1. The fourth-order valence-electron chi connectivity index (χ4n) is 2.61. The summed E-state index contributed by atoms with van der Waals surface area (Å²) in [5.74, 6) is 0. The smallest absolute Gasteiger partial charge is 0.0462 e. The van der Waals surface area contributed by atoms with Crippen molar-refractivity contribution in [2.45, 2.75) is 44.1 Å². The lowest BCUT2D eigenvalue weighted by Crippen LogP contribution is -2.50. The summed E-state index contributed by atoms with van der Waals surface area (Å²) in [7, 11) is 3.99. The van der Waals surface area contributed by atoms with E-state index in [1.54, 1.807) is 7.11 Å². The van der Waals surface area contributed by atoms with Crippen LogP contribution in [0.1, 0.15) is 38.5 Å². The average molecular weight is 214 g/mol. The molecule has 0 spiro atoms. The summed E-state index contributed by atoms with van der Waals surface area (Å²) in [5.41, 5.74) is 6.25. The lowest BCUT2D eigenvalue weighted by molar-refractivity contribution is 0.122. The van der Waals surface area contributed by atoms with E-state index in [9.17, 15) is 0 Å². The molecule has 0 radical (unpaired) electrons. The van der Waals surface area contributed by atoms with Crippen LogP contribution in [0.15, 0.2) is 0 Å². The Kier molecular flexibility index (Phi) is 5.58. The third kappa shape index (κ3) is 3.44. The summed E-state index contributed by atoms with van der Waals surface area (Å²) in [5, 5.41) is 0. The lowest BCUT2D eigenvalue weighted by atomic mass is 9.95. The Balaban J connectivity index is 2.27. The van der Waals surface area contributed by atoms with Gasteiger partial charge in [0.25, 0.3) is 0 Å². The van der Waals surface area contributed by atoms with Crippen molar-refractivity contribution in [3.63, 3.8) is 0 Å². The van der Waals surface area contributed by atoms with E-state index in [2.05, 4.69) is 11.9 Å².